The van der Waals surface area contributed by atoms with E-state index in [0.717, 1.165) is 31.4 Å². The predicted octanol–water partition coefficient (Wildman–Crippen LogP) is 3.53. The van der Waals surface area contributed by atoms with Crippen LogP contribution in [0.1, 0.15) is 47.5 Å². The third kappa shape index (κ3) is 3.58. The largest absolute Gasteiger partial charge is 0.272 e. The molecule has 0 atom stereocenters. The maximum atomic E-state index is 11.9. The van der Waals surface area contributed by atoms with Gasteiger partial charge in [0.2, 0.25) is 0 Å². The smallest absolute Gasteiger partial charge is 0.267 e. The van der Waals surface area contributed by atoms with Gasteiger partial charge in [-0.25, -0.2) is 5.43 Å². The van der Waals surface area contributed by atoms with E-state index in [1.54, 1.807) is 24.5 Å². The Labute approximate surface area is 130 Å². The highest BCUT2D eigenvalue weighted by atomic mass is 16.2. The average Bonchev–Trinajstić information content (AvgIpc) is 2.61. The van der Waals surface area contributed by atoms with E-state index in [1.807, 2.05) is 6.07 Å². The zero-order valence-corrected chi connectivity index (χ0v) is 12.4. The molecule has 0 radical (unpaired) electrons. The van der Waals surface area contributed by atoms with Gasteiger partial charge in [0, 0.05) is 18.1 Å². The molecule has 0 aliphatic heterocycles. The third-order valence-corrected chi connectivity index (χ3v) is 4.07. The molecule has 1 saturated carbocycles. The van der Waals surface area contributed by atoms with Gasteiger partial charge in [-0.2, -0.15) is 5.10 Å². The quantitative estimate of drug-likeness (QED) is 0.880. The minimum Gasteiger partial charge on any atom is -0.267 e. The Hall–Kier alpha value is -2.49. The topological polar surface area (TPSA) is 54.4 Å². The zero-order valence-electron chi connectivity index (χ0n) is 12.4. The molecule has 1 aromatic heterocycles. The van der Waals surface area contributed by atoms with Gasteiger partial charge in [-0.05, 0) is 49.3 Å². The zero-order chi connectivity index (χ0) is 15.2. The predicted molar refractivity (Wildman–Crippen MR) is 86.8 cm³/mol. The summed E-state index contributed by atoms with van der Waals surface area (Å²) in [5.74, 6) is 0.403. The molecule has 1 aliphatic rings. The van der Waals surface area contributed by atoms with Crippen molar-refractivity contribution in [2.24, 2.45) is 5.10 Å². The summed E-state index contributed by atoms with van der Waals surface area (Å²) in [4.78, 5) is 15.8. The fourth-order valence-electron chi connectivity index (χ4n) is 2.81. The van der Waals surface area contributed by atoms with Crippen LogP contribution in [0.3, 0.4) is 0 Å². The van der Waals surface area contributed by atoms with Crippen molar-refractivity contribution in [1.29, 1.82) is 0 Å². The second-order valence-corrected chi connectivity index (χ2v) is 5.55. The lowest BCUT2D eigenvalue weighted by Crippen LogP contribution is -2.22. The summed E-state index contributed by atoms with van der Waals surface area (Å²) in [5.41, 5.74) is 5.64. The van der Waals surface area contributed by atoms with E-state index in [-0.39, 0.29) is 5.91 Å². The number of hydrogen-bond donors (Lipinski definition) is 1. The van der Waals surface area contributed by atoms with Gasteiger partial charge in [0.1, 0.15) is 0 Å². The van der Waals surface area contributed by atoms with Crippen molar-refractivity contribution in [2.75, 3.05) is 0 Å². The Kier molecular flexibility index (Phi) is 4.59. The fourth-order valence-corrected chi connectivity index (χ4v) is 2.81. The van der Waals surface area contributed by atoms with Crippen molar-refractivity contribution in [1.82, 2.24) is 10.4 Å². The van der Waals surface area contributed by atoms with Crippen molar-refractivity contribution >= 4 is 11.6 Å². The minimum atomic E-state index is -0.203. The van der Waals surface area contributed by atoms with Gasteiger partial charge in [0.25, 0.3) is 5.91 Å². The molecule has 22 heavy (non-hydrogen) atoms. The number of hydrazone groups is 1. The standard InChI is InChI=1S/C18H19N3O/c22-18(16-7-4-12-19-13-16)21-20-17-10-8-15(9-11-17)14-5-2-1-3-6-14/h1-7,12-13,15H,8-11H2,(H,21,22). The molecule has 4 heteroatoms. The van der Waals surface area contributed by atoms with Gasteiger partial charge in [0.15, 0.2) is 0 Å². The van der Waals surface area contributed by atoms with Gasteiger partial charge in [-0.15, -0.1) is 0 Å². The third-order valence-electron chi connectivity index (χ3n) is 4.07. The average molecular weight is 293 g/mol. The first-order valence-electron chi connectivity index (χ1n) is 7.63. The fraction of sp³-hybridized carbons (Fsp3) is 0.278. The molecule has 0 spiro atoms. The second kappa shape index (κ2) is 6.98. The highest BCUT2D eigenvalue weighted by Crippen LogP contribution is 2.31. The summed E-state index contributed by atoms with van der Waals surface area (Å²) in [6.45, 7) is 0. The van der Waals surface area contributed by atoms with Crippen LogP contribution in [0.4, 0.5) is 0 Å². The SMILES string of the molecule is O=C(NN=C1CCC(c2ccccc2)CC1)c1cccnc1. The number of benzene rings is 1. The molecule has 3 rings (SSSR count). The monoisotopic (exact) mass is 293 g/mol. The van der Waals surface area contributed by atoms with Gasteiger partial charge in [-0.1, -0.05) is 30.3 Å². The minimum absolute atomic E-state index is 0.203. The molecule has 1 aliphatic carbocycles. The van der Waals surface area contributed by atoms with Crippen molar-refractivity contribution in [3.05, 3.63) is 66.0 Å². The summed E-state index contributed by atoms with van der Waals surface area (Å²) < 4.78 is 0. The number of aromatic nitrogens is 1. The number of nitrogens with one attached hydrogen (secondary N) is 1. The maximum Gasteiger partial charge on any atom is 0.272 e. The molecule has 1 N–H and O–H groups in total. The Bertz CT molecular complexity index is 643. The van der Waals surface area contributed by atoms with Crippen LogP contribution in [0.2, 0.25) is 0 Å². The highest BCUT2D eigenvalue weighted by Gasteiger charge is 2.19. The van der Waals surface area contributed by atoms with Crippen LogP contribution in [0.25, 0.3) is 0 Å². The molecule has 1 fully saturated rings. The Morgan fingerprint density at radius 3 is 2.55 bits per heavy atom. The molecular formula is C18H19N3O. The van der Waals surface area contributed by atoms with Crippen LogP contribution in [0, 0.1) is 0 Å². The van der Waals surface area contributed by atoms with E-state index in [1.165, 1.54) is 5.56 Å². The summed E-state index contributed by atoms with van der Waals surface area (Å²) in [5, 5.41) is 4.28. The lowest BCUT2D eigenvalue weighted by molar-refractivity contribution is 0.0954. The molecule has 0 unspecified atom stereocenters. The number of hydrogen-bond acceptors (Lipinski definition) is 3. The summed E-state index contributed by atoms with van der Waals surface area (Å²) >= 11 is 0. The number of carbonyl (C=O) groups excluding carboxylic acids is 1. The van der Waals surface area contributed by atoms with E-state index < -0.39 is 0 Å². The highest BCUT2D eigenvalue weighted by molar-refractivity contribution is 5.95. The van der Waals surface area contributed by atoms with Gasteiger partial charge >= 0.3 is 0 Å². The normalized spacial score (nSPS) is 17.8. The molecule has 1 aromatic carbocycles. The van der Waals surface area contributed by atoms with Crippen LogP contribution in [0.15, 0.2) is 60.0 Å². The summed E-state index contributed by atoms with van der Waals surface area (Å²) in [6.07, 6.45) is 7.24. The van der Waals surface area contributed by atoms with Crippen LogP contribution < -0.4 is 5.43 Å². The molecule has 4 nitrogen and oxygen atoms in total. The Morgan fingerprint density at radius 1 is 1.09 bits per heavy atom. The van der Waals surface area contributed by atoms with Crippen molar-refractivity contribution < 1.29 is 4.79 Å². The number of carbonyl (C=O) groups is 1. The first kappa shape index (κ1) is 14.4. The molecule has 1 amide bonds. The molecule has 2 aromatic rings. The summed E-state index contributed by atoms with van der Waals surface area (Å²) in [7, 11) is 0. The molecule has 0 saturated heterocycles. The van der Waals surface area contributed by atoms with E-state index in [4.69, 9.17) is 0 Å². The lowest BCUT2D eigenvalue weighted by Gasteiger charge is -2.23. The van der Waals surface area contributed by atoms with Gasteiger partial charge < -0.3 is 0 Å². The van der Waals surface area contributed by atoms with Crippen molar-refractivity contribution in [2.45, 2.75) is 31.6 Å². The summed E-state index contributed by atoms with van der Waals surface area (Å²) in [6, 6.07) is 14.1. The van der Waals surface area contributed by atoms with E-state index in [2.05, 4.69) is 39.8 Å². The number of nitrogens with zero attached hydrogens (tertiary/aromatic N) is 2. The number of rotatable bonds is 3. The first-order valence-corrected chi connectivity index (χ1v) is 7.63. The lowest BCUT2D eigenvalue weighted by atomic mass is 9.83. The van der Waals surface area contributed by atoms with Crippen molar-refractivity contribution in [3.63, 3.8) is 0 Å². The molecular weight excluding hydrogens is 274 g/mol. The van der Waals surface area contributed by atoms with Crippen molar-refractivity contribution in [3.8, 4) is 0 Å². The second-order valence-electron chi connectivity index (χ2n) is 5.55. The first-order chi connectivity index (χ1) is 10.8. The van der Waals surface area contributed by atoms with E-state index in [9.17, 15) is 4.79 Å². The van der Waals surface area contributed by atoms with Crippen LogP contribution in [-0.4, -0.2) is 16.6 Å². The van der Waals surface area contributed by atoms with Crippen LogP contribution in [0.5, 0.6) is 0 Å². The molecule has 112 valence electrons. The Balaban J connectivity index is 1.54. The van der Waals surface area contributed by atoms with Gasteiger partial charge in [0.05, 0.1) is 5.56 Å². The number of amides is 1. The Morgan fingerprint density at radius 2 is 1.86 bits per heavy atom. The van der Waals surface area contributed by atoms with Gasteiger partial charge in [-0.3, -0.25) is 9.78 Å². The maximum absolute atomic E-state index is 11.9. The number of pyridine rings is 1. The molecule has 1 heterocycles. The van der Waals surface area contributed by atoms with E-state index in [0.29, 0.717) is 11.5 Å². The van der Waals surface area contributed by atoms with Crippen LogP contribution in [-0.2, 0) is 0 Å². The van der Waals surface area contributed by atoms with Crippen LogP contribution >= 0.6 is 0 Å². The van der Waals surface area contributed by atoms with E-state index >= 15 is 0 Å². The molecule has 0 bridgehead atoms.